The van der Waals surface area contributed by atoms with Crippen LogP contribution < -0.4 is 11.1 Å². The average Bonchev–Trinajstić information content (AvgIpc) is 2.98. The number of nitrogens with two attached hydrogens (primary N) is 1. The van der Waals surface area contributed by atoms with Crippen molar-refractivity contribution in [3.8, 4) is 11.8 Å². The Morgan fingerprint density at radius 1 is 1.25 bits per heavy atom. The van der Waals surface area contributed by atoms with Crippen molar-refractivity contribution in [1.29, 1.82) is 0 Å². The van der Waals surface area contributed by atoms with E-state index in [1.165, 1.54) is 4.88 Å². The molecule has 0 unspecified atom stereocenters. The molecule has 2 aromatic rings. The van der Waals surface area contributed by atoms with Gasteiger partial charge in [0.05, 0.1) is 12.1 Å². The van der Waals surface area contributed by atoms with E-state index in [9.17, 15) is 4.79 Å². The molecule has 0 radical (unpaired) electrons. The average molecular weight is 284 g/mol. The third-order valence-corrected chi connectivity index (χ3v) is 3.67. The Labute approximate surface area is 122 Å². The maximum Gasteiger partial charge on any atom is 0.252 e. The third kappa shape index (κ3) is 3.95. The summed E-state index contributed by atoms with van der Waals surface area (Å²) in [6, 6.07) is 11.4. The quantitative estimate of drug-likeness (QED) is 0.844. The highest BCUT2D eigenvalue weighted by atomic mass is 32.1. The van der Waals surface area contributed by atoms with Gasteiger partial charge in [0.1, 0.15) is 0 Å². The number of amides is 1. The van der Waals surface area contributed by atoms with Gasteiger partial charge in [-0.25, -0.2) is 0 Å². The number of nitrogens with one attached hydrogen (secondary N) is 1. The fraction of sp³-hybridized carbons (Fsp3) is 0.188. The van der Waals surface area contributed by atoms with E-state index in [1.54, 1.807) is 17.4 Å². The number of thiophene rings is 1. The lowest BCUT2D eigenvalue weighted by Crippen LogP contribution is -2.26. The molecule has 3 nitrogen and oxygen atoms in total. The molecule has 0 saturated heterocycles. The van der Waals surface area contributed by atoms with Gasteiger partial charge in [0, 0.05) is 17.0 Å². The van der Waals surface area contributed by atoms with Gasteiger partial charge in [-0.3, -0.25) is 4.79 Å². The molecule has 0 saturated carbocycles. The SMILES string of the molecule is NCC#Cc1ccccc1C(=O)NCCc1cccs1. The van der Waals surface area contributed by atoms with E-state index in [2.05, 4.69) is 23.2 Å². The van der Waals surface area contributed by atoms with Gasteiger partial charge in [-0.05, 0) is 30.0 Å². The molecule has 0 aliphatic heterocycles. The highest BCUT2D eigenvalue weighted by Crippen LogP contribution is 2.09. The summed E-state index contributed by atoms with van der Waals surface area (Å²) in [6.07, 6.45) is 0.847. The Morgan fingerprint density at radius 3 is 2.85 bits per heavy atom. The standard InChI is InChI=1S/C16H16N2OS/c17-10-3-6-13-5-1-2-8-15(13)16(19)18-11-9-14-7-4-12-20-14/h1-2,4-5,7-8,12H,9-11,17H2,(H,18,19). The first kappa shape index (κ1) is 14.3. The fourth-order valence-corrected chi connectivity index (χ4v) is 2.49. The highest BCUT2D eigenvalue weighted by molar-refractivity contribution is 7.09. The first-order valence-corrected chi connectivity index (χ1v) is 7.28. The van der Waals surface area contributed by atoms with E-state index in [1.807, 2.05) is 29.6 Å². The van der Waals surface area contributed by atoms with Crippen LogP contribution in [0.4, 0.5) is 0 Å². The molecule has 4 heteroatoms. The summed E-state index contributed by atoms with van der Waals surface area (Å²) in [5, 5.41) is 4.96. The van der Waals surface area contributed by atoms with E-state index in [0.29, 0.717) is 17.7 Å². The molecule has 1 heterocycles. The van der Waals surface area contributed by atoms with Crippen LogP contribution in [-0.2, 0) is 6.42 Å². The van der Waals surface area contributed by atoms with Crippen LogP contribution in [-0.4, -0.2) is 19.0 Å². The van der Waals surface area contributed by atoms with Crippen molar-refractivity contribution in [2.24, 2.45) is 5.73 Å². The van der Waals surface area contributed by atoms with Gasteiger partial charge in [-0.1, -0.05) is 30.0 Å². The normalized spacial score (nSPS) is 9.65. The Morgan fingerprint density at radius 2 is 2.10 bits per heavy atom. The molecule has 1 aromatic carbocycles. The van der Waals surface area contributed by atoms with Crippen LogP contribution in [0.1, 0.15) is 20.8 Å². The minimum absolute atomic E-state index is 0.0940. The minimum Gasteiger partial charge on any atom is -0.352 e. The summed E-state index contributed by atoms with van der Waals surface area (Å²) in [4.78, 5) is 13.4. The van der Waals surface area contributed by atoms with Crippen LogP contribution in [0.5, 0.6) is 0 Å². The maximum atomic E-state index is 12.2. The summed E-state index contributed by atoms with van der Waals surface area (Å²) >= 11 is 1.70. The second-order valence-electron chi connectivity index (χ2n) is 4.14. The largest absolute Gasteiger partial charge is 0.352 e. The molecule has 102 valence electrons. The second kappa shape index (κ2) is 7.49. The summed E-state index contributed by atoms with van der Waals surface area (Å²) < 4.78 is 0. The lowest BCUT2D eigenvalue weighted by molar-refractivity contribution is 0.0954. The number of benzene rings is 1. The highest BCUT2D eigenvalue weighted by Gasteiger charge is 2.08. The zero-order valence-corrected chi connectivity index (χ0v) is 11.9. The van der Waals surface area contributed by atoms with Gasteiger partial charge in [0.2, 0.25) is 0 Å². The summed E-state index contributed by atoms with van der Waals surface area (Å²) in [6.45, 7) is 0.909. The molecule has 0 atom stereocenters. The number of carbonyl (C=O) groups excluding carboxylic acids is 1. The Hall–Kier alpha value is -2.09. The first-order chi connectivity index (χ1) is 9.81. The van der Waals surface area contributed by atoms with Gasteiger partial charge in [-0.2, -0.15) is 0 Å². The van der Waals surface area contributed by atoms with Gasteiger partial charge in [0.25, 0.3) is 5.91 Å². The second-order valence-corrected chi connectivity index (χ2v) is 5.17. The van der Waals surface area contributed by atoms with Crippen LogP contribution >= 0.6 is 11.3 Å². The van der Waals surface area contributed by atoms with Crippen LogP contribution in [0, 0.1) is 11.8 Å². The molecule has 1 aromatic heterocycles. The minimum atomic E-state index is -0.0940. The molecule has 1 amide bonds. The van der Waals surface area contributed by atoms with Crippen molar-refractivity contribution >= 4 is 17.2 Å². The first-order valence-electron chi connectivity index (χ1n) is 6.40. The number of rotatable bonds is 4. The van der Waals surface area contributed by atoms with Gasteiger partial charge in [-0.15, -0.1) is 11.3 Å². The number of hydrogen-bond donors (Lipinski definition) is 2. The molecule has 0 fully saturated rings. The molecule has 0 aliphatic rings. The Kier molecular flexibility index (Phi) is 5.36. The molecule has 2 rings (SSSR count). The van der Waals surface area contributed by atoms with E-state index < -0.39 is 0 Å². The van der Waals surface area contributed by atoms with E-state index in [0.717, 1.165) is 6.42 Å². The van der Waals surface area contributed by atoms with Crippen molar-refractivity contribution in [2.45, 2.75) is 6.42 Å². The summed E-state index contributed by atoms with van der Waals surface area (Å²) in [5.74, 6) is 5.61. The smallest absolute Gasteiger partial charge is 0.252 e. The molecular formula is C16H16N2OS. The molecular weight excluding hydrogens is 268 g/mol. The predicted molar refractivity (Wildman–Crippen MR) is 82.7 cm³/mol. The summed E-state index contributed by atoms with van der Waals surface area (Å²) in [5.41, 5.74) is 6.68. The van der Waals surface area contributed by atoms with Crippen molar-refractivity contribution < 1.29 is 4.79 Å². The molecule has 20 heavy (non-hydrogen) atoms. The van der Waals surface area contributed by atoms with Gasteiger partial charge < -0.3 is 11.1 Å². The zero-order chi connectivity index (χ0) is 14.2. The molecule has 0 aliphatic carbocycles. The fourth-order valence-electron chi connectivity index (χ4n) is 1.79. The van der Waals surface area contributed by atoms with E-state index in [4.69, 9.17) is 5.73 Å². The number of carbonyl (C=O) groups is 1. The molecule has 0 bridgehead atoms. The Bertz CT molecular complexity index is 623. The van der Waals surface area contributed by atoms with Gasteiger partial charge in [0.15, 0.2) is 0 Å². The van der Waals surface area contributed by atoms with Gasteiger partial charge >= 0.3 is 0 Å². The van der Waals surface area contributed by atoms with Crippen LogP contribution in [0.25, 0.3) is 0 Å². The monoisotopic (exact) mass is 284 g/mol. The van der Waals surface area contributed by atoms with Crippen LogP contribution in [0.2, 0.25) is 0 Å². The molecule has 3 N–H and O–H groups in total. The lowest BCUT2D eigenvalue weighted by Gasteiger charge is -2.06. The molecule has 0 spiro atoms. The van der Waals surface area contributed by atoms with Crippen LogP contribution in [0.3, 0.4) is 0 Å². The zero-order valence-electron chi connectivity index (χ0n) is 11.1. The van der Waals surface area contributed by atoms with Crippen molar-refractivity contribution in [3.63, 3.8) is 0 Å². The van der Waals surface area contributed by atoms with Crippen molar-refractivity contribution in [3.05, 3.63) is 57.8 Å². The third-order valence-electron chi connectivity index (χ3n) is 2.73. The van der Waals surface area contributed by atoms with Crippen molar-refractivity contribution in [1.82, 2.24) is 5.32 Å². The Balaban J connectivity index is 1.98. The number of hydrogen-bond acceptors (Lipinski definition) is 3. The van der Waals surface area contributed by atoms with Crippen LogP contribution in [0.15, 0.2) is 41.8 Å². The topological polar surface area (TPSA) is 55.1 Å². The van der Waals surface area contributed by atoms with E-state index >= 15 is 0 Å². The lowest BCUT2D eigenvalue weighted by atomic mass is 10.1. The van der Waals surface area contributed by atoms with Crippen molar-refractivity contribution in [2.75, 3.05) is 13.1 Å². The maximum absolute atomic E-state index is 12.2. The summed E-state index contributed by atoms with van der Waals surface area (Å²) in [7, 11) is 0. The predicted octanol–water partition coefficient (Wildman–Crippen LogP) is 2.03. The van der Waals surface area contributed by atoms with E-state index in [-0.39, 0.29) is 12.5 Å².